The van der Waals surface area contributed by atoms with Crippen LogP contribution in [-0.4, -0.2) is 5.91 Å². The molecular weight excluding hydrogens is 246 g/mol. The summed E-state index contributed by atoms with van der Waals surface area (Å²) in [5, 5.41) is 5.40. The highest BCUT2D eigenvalue weighted by atomic mass is 16.2. The normalized spacial score (nSPS) is 20.9. The lowest BCUT2D eigenvalue weighted by Crippen LogP contribution is -2.15. The molecule has 0 bridgehead atoms. The molecule has 1 aliphatic carbocycles. The molecule has 1 amide bonds. The highest BCUT2D eigenvalue weighted by Crippen LogP contribution is 2.43. The molecular formula is C18H21NO. The second kappa shape index (κ2) is 5.66. The first-order valence-electron chi connectivity index (χ1n) is 7.58. The van der Waals surface area contributed by atoms with Gasteiger partial charge >= 0.3 is 0 Å². The zero-order chi connectivity index (χ0) is 13.9. The number of rotatable bonds is 5. The highest BCUT2D eigenvalue weighted by molar-refractivity contribution is 6.03. The van der Waals surface area contributed by atoms with Crippen LogP contribution in [0.25, 0.3) is 10.8 Å². The smallest absolute Gasteiger partial charge is 0.227 e. The summed E-state index contributed by atoms with van der Waals surface area (Å²) < 4.78 is 0. The quantitative estimate of drug-likeness (QED) is 0.842. The van der Waals surface area contributed by atoms with Crippen LogP contribution >= 0.6 is 0 Å². The summed E-state index contributed by atoms with van der Waals surface area (Å²) in [6, 6.07) is 14.2. The molecule has 2 nitrogen and oxygen atoms in total. The van der Waals surface area contributed by atoms with Crippen molar-refractivity contribution in [3.63, 3.8) is 0 Å². The van der Waals surface area contributed by atoms with E-state index >= 15 is 0 Å². The van der Waals surface area contributed by atoms with Crippen molar-refractivity contribution in [2.24, 2.45) is 11.8 Å². The van der Waals surface area contributed by atoms with Crippen molar-refractivity contribution in [1.29, 1.82) is 0 Å². The second-order valence-corrected chi connectivity index (χ2v) is 5.76. The lowest BCUT2D eigenvalue weighted by atomic mass is 10.1. The van der Waals surface area contributed by atoms with Gasteiger partial charge in [0.25, 0.3) is 0 Å². The molecule has 2 aromatic carbocycles. The monoisotopic (exact) mass is 267 g/mol. The lowest BCUT2D eigenvalue weighted by Gasteiger charge is -2.08. The second-order valence-electron chi connectivity index (χ2n) is 5.76. The lowest BCUT2D eigenvalue weighted by molar-refractivity contribution is -0.117. The third-order valence-electron chi connectivity index (χ3n) is 4.24. The van der Waals surface area contributed by atoms with Crippen molar-refractivity contribution in [2.45, 2.75) is 32.6 Å². The van der Waals surface area contributed by atoms with Crippen LogP contribution in [0.4, 0.5) is 5.69 Å². The van der Waals surface area contributed by atoms with Crippen LogP contribution in [0.5, 0.6) is 0 Å². The van der Waals surface area contributed by atoms with Crippen LogP contribution in [0, 0.1) is 11.8 Å². The Labute approximate surface area is 120 Å². The number of fused-ring (bicyclic) bond motifs is 1. The van der Waals surface area contributed by atoms with Gasteiger partial charge in [-0.1, -0.05) is 56.2 Å². The minimum absolute atomic E-state index is 0.197. The molecule has 2 heteroatoms. The molecule has 1 saturated carbocycles. The molecule has 0 spiro atoms. The number of hydrogen-bond acceptors (Lipinski definition) is 1. The Morgan fingerprint density at radius 1 is 1.20 bits per heavy atom. The van der Waals surface area contributed by atoms with Gasteiger partial charge in [0.15, 0.2) is 0 Å². The van der Waals surface area contributed by atoms with E-state index in [1.54, 1.807) is 0 Å². The van der Waals surface area contributed by atoms with Crippen molar-refractivity contribution in [1.82, 2.24) is 0 Å². The fraction of sp³-hybridized carbons (Fsp3) is 0.389. The van der Waals surface area contributed by atoms with Crippen LogP contribution in [0.2, 0.25) is 0 Å². The highest BCUT2D eigenvalue weighted by Gasteiger charge is 2.42. The van der Waals surface area contributed by atoms with Gasteiger partial charge in [0.05, 0.1) is 0 Å². The van der Waals surface area contributed by atoms with Gasteiger partial charge in [0, 0.05) is 17.0 Å². The molecule has 1 N–H and O–H groups in total. The largest absolute Gasteiger partial charge is 0.325 e. The number of unbranched alkanes of at least 4 members (excludes halogenated alkanes) is 1. The molecule has 2 aromatic rings. The predicted octanol–water partition coefficient (Wildman–Crippen LogP) is 4.60. The molecule has 3 rings (SSSR count). The number of amides is 1. The SMILES string of the molecule is CCCCC1CC1C(=O)Nc1cccc2ccccc12. The Morgan fingerprint density at radius 2 is 2.00 bits per heavy atom. The van der Waals surface area contributed by atoms with E-state index in [2.05, 4.69) is 30.4 Å². The number of anilines is 1. The first-order chi connectivity index (χ1) is 9.79. The van der Waals surface area contributed by atoms with E-state index in [0.29, 0.717) is 5.92 Å². The summed E-state index contributed by atoms with van der Waals surface area (Å²) in [7, 11) is 0. The summed E-state index contributed by atoms with van der Waals surface area (Å²) in [5.41, 5.74) is 0.939. The fourth-order valence-electron chi connectivity index (χ4n) is 2.91. The van der Waals surface area contributed by atoms with Gasteiger partial charge < -0.3 is 5.32 Å². The molecule has 2 atom stereocenters. The molecule has 0 aliphatic heterocycles. The predicted molar refractivity (Wildman–Crippen MR) is 83.7 cm³/mol. The van der Waals surface area contributed by atoms with E-state index in [0.717, 1.165) is 17.5 Å². The van der Waals surface area contributed by atoms with E-state index in [9.17, 15) is 4.79 Å². The third kappa shape index (κ3) is 2.69. The first kappa shape index (κ1) is 13.2. The van der Waals surface area contributed by atoms with Gasteiger partial charge in [-0.15, -0.1) is 0 Å². The summed E-state index contributed by atoms with van der Waals surface area (Å²) in [5.74, 6) is 1.05. The number of carbonyl (C=O) groups excluding carboxylic acids is 1. The van der Waals surface area contributed by atoms with Crippen LogP contribution < -0.4 is 5.32 Å². The van der Waals surface area contributed by atoms with Gasteiger partial charge in [0.2, 0.25) is 5.91 Å². The minimum Gasteiger partial charge on any atom is -0.325 e. The van der Waals surface area contributed by atoms with E-state index < -0.39 is 0 Å². The first-order valence-corrected chi connectivity index (χ1v) is 7.58. The van der Waals surface area contributed by atoms with E-state index in [-0.39, 0.29) is 11.8 Å². The van der Waals surface area contributed by atoms with Gasteiger partial charge in [-0.25, -0.2) is 0 Å². The average Bonchev–Trinajstić information content (AvgIpc) is 3.25. The van der Waals surface area contributed by atoms with Crippen molar-refractivity contribution in [3.8, 4) is 0 Å². The molecule has 0 aromatic heterocycles. The van der Waals surface area contributed by atoms with E-state index in [1.165, 1.54) is 24.6 Å². The summed E-state index contributed by atoms with van der Waals surface area (Å²) >= 11 is 0. The molecule has 0 radical (unpaired) electrons. The average molecular weight is 267 g/mol. The van der Waals surface area contributed by atoms with E-state index in [4.69, 9.17) is 0 Å². The molecule has 1 aliphatic rings. The Balaban J connectivity index is 1.70. The summed E-state index contributed by atoms with van der Waals surface area (Å²) in [4.78, 5) is 12.3. The maximum absolute atomic E-state index is 12.3. The van der Waals surface area contributed by atoms with Crippen LogP contribution in [0.3, 0.4) is 0 Å². The molecule has 20 heavy (non-hydrogen) atoms. The minimum atomic E-state index is 0.197. The van der Waals surface area contributed by atoms with E-state index in [1.807, 2.05) is 24.3 Å². The number of carbonyl (C=O) groups is 1. The maximum atomic E-state index is 12.3. The maximum Gasteiger partial charge on any atom is 0.227 e. The fourth-order valence-corrected chi connectivity index (χ4v) is 2.91. The van der Waals surface area contributed by atoms with Gasteiger partial charge in [-0.05, 0) is 30.2 Å². The van der Waals surface area contributed by atoms with Crippen molar-refractivity contribution in [2.75, 3.05) is 5.32 Å². The van der Waals surface area contributed by atoms with Crippen LogP contribution in [-0.2, 0) is 4.79 Å². The number of hydrogen-bond donors (Lipinski definition) is 1. The molecule has 104 valence electrons. The van der Waals surface area contributed by atoms with Gasteiger partial charge in [-0.2, -0.15) is 0 Å². The van der Waals surface area contributed by atoms with Crippen molar-refractivity contribution < 1.29 is 4.79 Å². The summed E-state index contributed by atoms with van der Waals surface area (Å²) in [6.07, 6.45) is 4.72. The zero-order valence-corrected chi connectivity index (χ0v) is 11.9. The number of nitrogens with one attached hydrogen (secondary N) is 1. The number of benzene rings is 2. The molecule has 0 saturated heterocycles. The topological polar surface area (TPSA) is 29.1 Å². The van der Waals surface area contributed by atoms with Gasteiger partial charge in [0.1, 0.15) is 0 Å². The Bertz CT molecular complexity index is 614. The van der Waals surface area contributed by atoms with Crippen LogP contribution in [0.1, 0.15) is 32.6 Å². The van der Waals surface area contributed by atoms with Crippen molar-refractivity contribution >= 4 is 22.4 Å². The molecule has 0 heterocycles. The molecule has 2 unspecified atom stereocenters. The Morgan fingerprint density at radius 3 is 2.85 bits per heavy atom. The van der Waals surface area contributed by atoms with Crippen molar-refractivity contribution in [3.05, 3.63) is 42.5 Å². The molecule has 1 fully saturated rings. The third-order valence-corrected chi connectivity index (χ3v) is 4.24. The van der Waals surface area contributed by atoms with Gasteiger partial charge in [-0.3, -0.25) is 4.79 Å². The zero-order valence-electron chi connectivity index (χ0n) is 11.9. The Kier molecular flexibility index (Phi) is 3.72. The van der Waals surface area contributed by atoms with Crippen LogP contribution in [0.15, 0.2) is 42.5 Å². The summed E-state index contributed by atoms with van der Waals surface area (Å²) in [6.45, 7) is 2.20. The standard InChI is InChI=1S/C18H21NO/c1-2-3-7-14-12-16(14)18(20)19-17-11-6-9-13-8-4-5-10-15(13)17/h4-6,8-11,14,16H,2-3,7,12H2,1H3,(H,19,20). The Hall–Kier alpha value is -1.83.